The summed E-state index contributed by atoms with van der Waals surface area (Å²) < 4.78 is 0. The maximum absolute atomic E-state index is 12.6. The van der Waals surface area contributed by atoms with Gasteiger partial charge in [0.15, 0.2) is 0 Å². The van der Waals surface area contributed by atoms with Gasteiger partial charge in [0.25, 0.3) is 5.91 Å². The van der Waals surface area contributed by atoms with E-state index in [9.17, 15) is 9.90 Å². The topological polar surface area (TPSA) is 40.5 Å². The molecular formula is C18H21NO2. The Morgan fingerprint density at radius 2 is 1.76 bits per heavy atom. The van der Waals surface area contributed by atoms with Gasteiger partial charge in [-0.1, -0.05) is 30.3 Å². The van der Waals surface area contributed by atoms with Gasteiger partial charge in [-0.25, -0.2) is 0 Å². The summed E-state index contributed by atoms with van der Waals surface area (Å²) in [5.74, 6) is 0.316. The van der Waals surface area contributed by atoms with Gasteiger partial charge < -0.3 is 10.0 Å². The summed E-state index contributed by atoms with van der Waals surface area (Å²) in [6, 6.07) is 14.8. The molecule has 0 aromatic heterocycles. The third-order valence-electron chi connectivity index (χ3n) is 3.60. The van der Waals surface area contributed by atoms with Gasteiger partial charge in [-0.3, -0.25) is 4.79 Å². The summed E-state index contributed by atoms with van der Waals surface area (Å²) in [4.78, 5) is 14.4. The van der Waals surface area contributed by atoms with Crippen LogP contribution in [0, 0.1) is 0 Å². The number of benzene rings is 2. The minimum atomic E-state index is 0.0655. The van der Waals surface area contributed by atoms with Gasteiger partial charge in [0.05, 0.1) is 0 Å². The maximum atomic E-state index is 12.6. The number of phenols is 1. The fraction of sp³-hybridized carbons (Fsp3) is 0.278. The van der Waals surface area contributed by atoms with Crippen LogP contribution in [0.4, 0.5) is 0 Å². The molecular weight excluding hydrogens is 262 g/mol. The van der Waals surface area contributed by atoms with E-state index in [2.05, 4.69) is 0 Å². The molecule has 0 fully saturated rings. The van der Waals surface area contributed by atoms with Crippen molar-refractivity contribution >= 4 is 5.91 Å². The zero-order valence-electron chi connectivity index (χ0n) is 12.5. The Labute approximate surface area is 125 Å². The Kier molecular flexibility index (Phi) is 4.99. The van der Waals surface area contributed by atoms with Crippen LogP contribution in [-0.2, 0) is 6.42 Å². The molecule has 21 heavy (non-hydrogen) atoms. The maximum Gasteiger partial charge on any atom is 0.254 e. The van der Waals surface area contributed by atoms with E-state index in [-0.39, 0.29) is 11.7 Å². The van der Waals surface area contributed by atoms with Crippen LogP contribution < -0.4 is 0 Å². The molecule has 0 aliphatic rings. The molecule has 0 spiro atoms. The Morgan fingerprint density at radius 1 is 1.05 bits per heavy atom. The van der Waals surface area contributed by atoms with E-state index >= 15 is 0 Å². The largest absolute Gasteiger partial charge is 0.508 e. The standard InChI is InChI=1S/C18H21NO2/c1-3-19(4-2)18(21)17-11-6-5-9-15(17)12-14-8-7-10-16(20)13-14/h5-11,13,20H,3-4,12H2,1-2H3. The van der Waals surface area contributed by atoms with Gasteiger partial charge >= 0.3 is 0 Å². The van der Waals surface area contributed by atoms with E-state index in [1.165, 1.54) is 0 Å². The Hall–Kier alpha value is -2.29. The van der Waals surface area contributed by atoms with Gasteiger partial charge in [0.1, 0.15) is 5.75 Å². The molecule has 2 aromatic rings. The van der Waals surface area contributed by atoms with Crippen molar-refractivity contribution in [2.75, 3.05) is 13.1 Å². The molecule has 3 heteroatoms. The van der Waals surface area contributed by atoms with E-state index in [0.717, 1.165) is 16.7 Å². The molecule has 2 rings (SSSR count). The molecule has 0 aliphatic carbocycles. The third-order valence-corrected chi connectivity index (χ3v) is 3.60. The number of hydrogen-bond acceptors (Lipinski definition) is 2. The van der Waals surface area contributed by atoms with Crippen LogP contribution in [0.2, 0.25) is 0 Å². The zero-order valence-corrected chi connectivity index (χ0v) is 12.5. The lowest BCUT2D eigenvalue weighted by molar-refractivity contribution is 0.0772. The summed E-state index contributed by atoms with van der Waals surface area (Å²) in [5, 5.41) is 9.56. The van der Waals surface area contributed by atoms with Gasteiger partial charge in [-0.2, -0.15) is 0 Å². The van der Waals surface area contributed by atoms with Crippen LogP contribution in [-0.4, -0.2) is 29.0 Å². The highest BCUT2D eigenvalue weighted by Gasteiger charge is 2.16. The number of carbonyl (C=O) groups excluding carboxylic acids is 1. The van der Waals surface area contributed by atoms with Gasteiger partial charge in [0.2, 0.25) is 0 Å². The second-order valence-corrected chi connectivity index (χ2v) is 4.98. The number of hydrogen-bond donors (Lipinski definition) is 1. The highest BCUT2D eigenvalue weighted by atomic mass is 16.3. The van der Waals surface area contributed by atoms with Gasteiger partial charge in [-0.05, 0) is 49.6 Å². The summed E-state index contributed by atoms with van der Waals surface area (Å²) >= 11 is 0. The molecule has 2 aromatic carbocycles. The normalized spacial score (nSPS) is 10.4. The minimum Gasteiger partial charge on any atom is -0.508 e. The number of nitrogens with zero attached hydrogens (tertiary/aromatic N) is 1. The predicted octanol–water partition coefficient (Wildman–Crippen LogP) is 3.47. The van der Waals surface area contributed by atoms with Crippen LogP contribution in [0.1, 0.15) is 35.3 Å². The van der Waals surface area contributed by atoms with Crippen LogP contribution in [0.3, 0.4) is 0 Å². The highest BCUT2D eigenvalue weighted by Crippen LogP contribution is 2.19. The Balaban J connectivity index is 2.31. The summed E-state index contributed by atoms with van der Waals surface area (Å²) in [7, 11) is 0. The lowest BCUT2D eigenvalue weighted by atomic mass is 9.99. The van der Waals surface area contributed by atoms with Gasteiger partial charge in [0, 0.05) is 18.7 Å². The van der Waals surface area contributed by atoms with Crippen molar-refractivity contribution in [1.82, 2.24) is 4.90 Å². The van der Waals surface area contributed by atoms with Crippen molar-refractivity contribution in [3.63, 3.8) is 0 Å². The third kappa shape index (κ3) is 3.63. The van der Waals surface area contributed by atoms with E-state index in [1.54, 1.807) is 12.1 Å². The smallest absolute Gasteiger partial charge is 0.254 e. The summed E-state index contributed by atoms with van der Waals surface area (Å²) in [6.07, 6.45) is 0.636. The second-order valence-electron chi connectivity index (χ2n) is 4.98. The zero-order chi connectivity index (χ0) is 15.2. The number of carbonyl (C=O) groups is 1. The molecule has 0 bridgehead atoms. The first-order valence-electron chi connectivity index (χ1n) is 7.30. The average molecular weight is 283 g/mol. The monoisotopic (exact) mass is 283 g/mol. The first kappa shape index (κ1) is 15.1. The van der Waals surface area contributed by atoms with Crippen molar-refractivity contribution in [3.8, 4) is 5.75 Å². The van der Waals surface area contributed by atoms with Crippen molar-refractivity contribution < 1.29 is 9.90 Å². The molecule has 0 saturated heterocycles. The lowest BCUT2D eigenvalue weighted by Crippen LogP contribution is -2.31. The fourth-order valence-corrected chi connectivity index (χ4v) is 2.45. The van der Waals surface area contributed by atoms with E-state index in [1.807, 2.05) is 55.1 Å². The Morgan fingerprint density at radius 3 is 2.43 bits per heavy atom. The van der Waals surface area contributed by atoms with E-state index < -0.39 is 0 Å². The summed E-state index contributed by atoms with van der Waals surface area (Å²) in [6.45, 7) is 5.38. The predicted molar refractivity (Wildman–Crippen MR) is 84.6 cm³/mol. The lowest BCUT2D eigenvalue weighted by Gasteiger charge is -2.20. The molecule has 1 N–H and O–H groups in total. The number of amides is 1. The molecule has 0 radical (unpaired) electrons. The first-order valence-corrected chi connectivity index (χ1v) is 7.30. The molecule has 3 nitrogen and oxygen atoms in total. The van der Waals surface area contributed by atoms with Crippen molar-refractivity contribution in [1.29, 1.82) is 0 Å². The number of phenolic OH excluding ortho intramolecular Hbond substituents is 1. The van der Waals surface area contributed by atoms with E-state index in [4.69, 9.17) is 0 Å². The minimum absolute atomic E-state index is 0.0655. The first-order chi connectivity index (χ1) is 10.2. The van der Waals surface area contributed by atoms with Crippen LogP contribution in [0.15, 0.2) is 48.5 Å². The number of rotatable bonds is 5. The van der Waals surface area contributed by atoms with Crippen molar-refractivity contribution in [3.05, 3.63) is 65.2 Å². The van der Waals surface area contributed by atoms with E-state index in [0.29, 0.717) is 19.5 Å². The molecule has 0 aliphatic heterocycles. The molecule has 0 atom stereocenters. The molecule has 0 heterocycles. The number of aromatic hydroxyl groups is 1. The Bertz CT molecular complexity index is 618. The van der Waals surface area contributed by atoms with Crippen LogP contribution in [0.5, 0.6) is 5.75 Å². The van der Waals surface area contributed by atoms with Crippen molar-refractivity contribution in [2.45, 2.75) is 20.3 Å². The molecule has 0 unspecified atom stereocenters. The fourth-order valence-electron chi connectivity index (χ4n) is 2.45. The molecule has 0 saturated carbocycles. The quantitative estimate of drug-likeness (QED) is 0.913. The van der Waals surface area contributed by atoms with Crippen LogP contribution in [0.25, 0.3) is 0 Å². The molecule has 110 valence electrons. The molecule has 1 amide bonds. The second kappa shape index (κ2) is 6.93. The SMILES string of the molecule is CCN(CC)C(=O)c1ccccc1Cc1cccc(O)c1. The van der Waals surface area contributed by atoms with Gasteiger partial charge in [-0.15, -0.1) is 0 Å². The summed E-state index contributed by atoms with van der Waals surface area (Å²) in [5.41, 5.74) is 2.72. The average Bonchev–Trinajstić information content (AvgIpc) is 2.49. The van der Waals surface area contributed by atoms with Crippen molar-refractivity contribution in [2.24, 2.45) is 0 Å². The van der Waals surface area contributed by atoms with Crippen LogP contribution >= 0.6 is 0 Å². The highest BCUT2D eigenvalue weighted by molar-refractivity contribution is 5.95.